The molecular formula is C16H14ClNO5S. The average molecular weight is 368 g/mol. The number of hydrogen-bond donors (Lipinski definition) is 0. The maximum Gasteiger partial charge on any atom is 0.340 e. The summed E-state index contributed by atoms with van der Waals surface area (Å²) in [6.07, 6.45) is 0. The Labute approximate surface area is 145 Å². The third-order valence-electron chi connectivity index (χ3n) is 3.84. The lowest BCUT2D eigenvalue weighted by Crippen LogP contribution is -2.12. The highest BCUT2D eigenvalue weighted by Crippen LogP contribution is 2.37. The number of halogens is 1. The highest BCUT2D eigenvalue weighted by molar-refractivity contribution is 7.83. The largest absolute Gasteiger partial charge is 0.465 e. The standard InChI is InChI=1S/C16H14ClNO5S/c1-22-15(19)12-11-7-24(21)8-18(11)14(13(12)16(20)23-2)9-3-5-10(17)6-4-9/h3-6H,7-8H2,1-2H3/t24-/m0/s1. The number of methoxy groups -OCH3 is 2. The topological polar surface area (TPSA) is 74.6 Å². The first-order valence-corrected chi connectivity index (χ1v) is 8.87. The zero-order valence-corrected chi connectivity index (χ0v) is 14.6. The van der Waals surface area contributed by atoms with E-state index in [0.717, 1.165) is 0 Å². The van der Waals surface area contributed by atoms with Gasteiger partial charge in [0.25, 0.3) is 0 Å². The van der Waals surface area contributed by atoms with Crippen molar-refractivity contribution in [1.29, 1.82) is 0 Å². The summed E-state index contributed by atoms with van der Waals surface area (Å²) < 4.78 is 23.4. The van der Waals surface area contributed by atoms with Gasteiger partial charge in [-0.1, -0.05) is 23.7 Å². The molecule has 24 heavy (non-hydrogen) atoms. The van der Waals surface area contributed by atoms with Crippen LogP contribution in [0.25, 0.3) is 11.3 Å². The zero-order valence-electron chi connectivity index (χ0n) is 13.0. The van der Waals surface area contributed by atoms with Crippen LogP contribution in [-0.4, -0.2) is 34.9 Å². The van der Waals surface area contributed by atoms with Crippen molar-refractivity contribution in [2.45, 2.75) is 11.6 Å². The Morgan fingerprint density at radius 1 is 1.08 bits per heavy atom. The van der Waals surface area contributed by atoms with Gasteiger partial charge in [-0.25, -0.2) is 9.59 Å². The molecule has 1 aliphatic rings. The molecule has 1 aromatic heterocycles. The van der Waals surface area contributed by atoms with Gasteiger partial charge in [0.05, 0.1) is 37.1 Å². The van der Waals surface area contributed by atoms with Crippen LogP contribution < -0.4 is 0 Å². The first-order chi connectivity index (χ1) is 11.5. The Hall–Kier alpha value is -2.12. The molecule has 0 N–H and O–H groups in total. The van der Waals surface area contributed by atoms with Gasteiger partial charge >= 0.3 is 11.9 Å². The van der Waals surface area contributed by atoms with E-state index in [9.17, 15) is 13.8 Å². The number of carbonyl (C=O) groups is 2. The summed E-state index contributed by atoms with van der Waals surface area (Å²) in [6, 6.07) is 6.84. The molecule has 0 fully saturated rings. The third kappa shape index (κ3) is 2.63. The molecule has 0 aliphatic carbocycles. The van der Waals surface area contributed by atoms with Gasteiger partial charge in [-0.2, -0.15) is 0 Å². The molecule has 2 aromatic rings. The van der Waals surface area contributed by atoms with Crippen LogP contribution in [0, 0.1) is 0 Å². The van der Waals surface area contributed by atoms with E-state index in [0.29, 0.717) is 22.0 Å². The number of benzene rings is 1. The maximum absolute atomic E-state index is 12.4. The fraction of sp³-hybridized carbons (Fsp3) is 0.250. The van der Waals surface area contributed by atoms with E-state index in [2.05, 4.69) is 0 Å². The quantitative estimate of drug-likeness (QED) is 0.779. The van der Waals surface area contributed by atoms with E-state index in [1.165, 1.54) is 14.2 Å². The number of fused-ring (bicyclic) bond motifs is 1. The zero-order chi connectivity index (χ0) is 17.4. The molecule has 0 spiro atoms. The number of esters is 2. The van der Waals surface area contributed by atoms with Crippen molar-refractivity contribution in [2.75, 3.05) is 14.2 Å². The minimum atomic E-state index is -1.15. The van der Waals surface area contributed by atoms with Crippen molar-refractivity contribution in [2.24, 2.45) is 0 Å². The van der Waals surface area contributed by atoms with Gasteiger partial charge in [-0.3, -0.25) is 4.21 Å². The van der Waals surface area contributed by atoms with E-state index < -0.39 is 22.7 Å². The van der Waals surface area contributed by atoms with E-state index in [-0.39, 0.29) is 22.8 Å². The number of hydrogen-bond acceptors (Lipinski definition) is 5. The summed E-state index contributed by atoms with van der Waals surface area (Å²) in [5.74, 6) is -0.915. The molecule has 1 aromatic carbocycles. The molecule has 0 unspecified atom stereocenters. The van der Waals surface area contributed by atoms with Crippen LogP contribution in [0.3, 0.4) is 0 Å². The number of carbonyl (C=O) groups excluding carboxylic acids is 2. The second-order valence-electron chi connectivity index (χ2n) is 5.18. The molecule has 0 radical (unpaired) electrons. The second kappa shape index (κ2) is 6.41. The Balaban J connectivity index is 2.34. The number of rotatable bonds is 3. The van der Waals surface area contributed by atoms with Gasteiger partial charge < -0.3 is 14.0 Å². The van der Waals surface area contributed by atoms with E-state index in [1.54, 1.807) is 28.8 Å². The van der Waals surface area contributed by atoms with Crippen LogP contribution in [0.4, 0.5) is 0 Å². The number of aromatic nitrogens is 1. The summed E-state index contributed by atoms with van der Waals surface area (Å²) in [4.78, 5) is 24.6. The monoisotopic (exact) mass is 367 g/mol. The molecule has 8 heteroatoms. The van der Waals surface area contributed by atoms with Crippen molar-refractivity contribution in [3.63, 3.8) is 0 Å². The minimum absolute atomic E-state index is 0.111. The van der Waals surface area contributed by atoms with Crippen LogP contribution in [0.15, 0.2) is 24.3 Å². The predicted molar refractivity (Wildman–Crippen MR) is 89.4 cm³/mol. The lowest BCUT2D eigenvalue weighted by Gasteiger charge is -2.09. The lowest BCUT2D eigenvalue weighted by atomic mass is 10.0. The molecule has 1 aliphatic heterocycles. The van der Waals surface area contributed by atoms with Crippen LogP contribution in [0.1, 0.15) is 26.4 Å². The summed E-state index contributed by atoms with van der Waals surface area (Å²) in [5.41, 5.74) is 1.92. The molecular weight excluding hydrogens is 354 g/mol. The average Bonchev–Trinajstić information content (AvgIpc) is 3.08. The lowest BCUT2D eigenvalue weighted by molar-refractivity contribution is 0.0556. The molecule has 3 rings (SSSR count). The second-order valence-corrected chi connectivity index (χ2v) is 7.04. The van der Waals surface area contributed by atoms with Gasteiger partial charge in [0.2, 0.25) is 0 Å². The Morgan fingerprint density at radius 2 is 1.67 bits per heavy atom. The highest BCUT2D eigenvalue weighted by Gasteiger charge is 2.36. The molecule has 0 amide bonds. The van der Waals surface area contributed by atoms with Crippen molar-refractivity contribution in [3.8, 4) is 11.3 Å². The first-order valence-electron chi connectivity index (χ1n) is 7.00. The summed E-state index contributed by atoms with van der Waals surface area (Å²) in [6.45, 7) is 0. The van der Waals surface area contributed by atoms with Crippen molar-refractivity contribution in [3.05, 3.63) is 46.1 Å². The van der Waals surface area contributed by atoms with Gasteiger partial charge in [-0.05, 0) is 17.7 Å². The van der Waals surface area contributed by atoms with Crippen molar-refractivity contribution < 1.29 is 23.3 Å². The van der Waals surface area contributed by atoms with Gasteiger partial charge in [0.1, 0.15) is 5.56 Å². The van der Waals surface area contributed by atoms with Gasteiger partial charge in [0, 0.05) is 21.5 Å². The fourth-order valence-corrected chi connectivity index (χ4v) is 4.23. The van der Waals surface area contributed by atoms with Gasteiger partial charge in [-0.15, -0.1) is 0 Å². The summed E-state index contributed by atoms with van der Waals surface area (Å²) >= 11 is 5.93. The van der Waals surface area contributed by atoms with E-state index in [4.69, 9.17) is 21.1 Å². The summed E-state index contributed by atoms with van der Waals surface area (Å²) in [5, 5.41) is 0.545. The maximum atomic E-state index is 12.4. The van der Waals surface area contributed by atoms with Crippen molar-refractivity contribution >= 4 is 34.3 Å². The molecule has 1 atom stereocenters. The molecule has 0 saturated carbocycles. The van der Waals surface area contributed by atoms with Crippen LogP contribution >= 0.6 is 11.6 Å². The van der Waals surface area contributed by atoms with Crippen LogP contribution in [0.5, 0.6) is 0 Å². The fourth-order valence-electron chi connectivity index (χ4n) is 2.83. The highest BCUT2D eigenvalue weighted by atomic mass is 35.5. The SMILES string of the molecule is COC(=O)c1c(C(=O)OC)c(-c2ccc(Cl)cc2)n2c1C[S@](=O)C2. The minimum Gasteiger partial charge on any atom is -0.465 e. The van der Waals surface area contributed by atoms with Crippen molar-refractivity contribution in [1.82, 2.24) is 4.57 Å². The third-order valence-corrected chi connectivity index (χ3v) is 5.23. The molecule has 126 valence electrons. The number of nitrogens with zero attached hydrogens (tertiary/aromatic N) is 1. The van der Waals surface area contributed by atoms with E-state index in [1.807, 2.05) is 0 Å². The Morgan fingerprint density at radius 3 is 2.25 bits per heavy atom. The molecule has 0 saturated heterocycles. The Bertz CT molecular complexity index is 856. The predicted octanol–water partition coefficient (Wildman–Crippen LogP) is 2.60. The Kier molecular flexibility index (Phi) is 4.47. The summed E-state index contributed by atoms with van der Waals surface area (Å²) in [7, 11) is 1.33. The van der Waals surface area contributed by atoms with Gasteiger partial charge in [0.15, 0.2) is 0 Å². The van der Waals surface area contributed by atoms with Crippen LogP contribution in [0.2, 0.25) is 5.02 Å². The molecule has 2 heterocycles. The first kappa shape index (κ1) is 16.7. The molecule has 6 nitrogen and oxygen atoms in total. The molecule has 0 bridgehead atoms. The smallest absolute Gasteiger partial charge is 0.340 e. The van der Waals surface area contributed by atoms with Crippen LogP contribution in [-0.2, 0) is 31.9 Å². The van der Waals surface area contributed by atoms with E-state index >= 15 is 0 Å². The normalized spacial score (nSPS) is 15.9. The number of ether oxygens (including phenoxy) is 2.